The van der Waals surface area contributed by atoms with E-state index in [9.17, 15) is 4.79 Å². The average Bonchev–Trinajstić information content (AvgIpc) is 2.37. The van der Waals surface area contributed by atoms with Gasteiger partial charge in [0.2, 0.25) is 0 Å². The summed E-state index contributed by atoms with van der Waals surface area (Å²) >= 11 is 17.5. The second-order valence-electron chi connectivity index (χ2n) is 3.67. The molecule has 19 heavy (non-hydrogen) atoms. The zero-order chi connectivity index (χ0) is 14.0. The first-order chi connectivity index (χ1) is 8.99. The largest absolute Gasteiger partial charge is 0.319 e. The number of nitrogens with one attached hydrogen (secondary N) is 1. The van der Waals surface area contributed by atoms with Crippen molar-refractivity contribution in [2.75, 3.05) is 5.32 Å². The van der Waals surface area contributed by atoms with E-state index in [-0.39, 0.29) is 5.91 Å². The second kappa shape index (κ2) is 6.43. The number of benzene rings is 2. The molecule has 0 saturated carbocycles. The zero-order valence-electron chi connectivity index (χ0n) is 9.38. The highest BCUT2D eigenvalue weighted by atomic mass is 127. The quantitative estimate of drug-likeness (QED) is 0.568. The predicted octanol–water partition coefficient (Wildman–Crippen LogP) is 5.61. The summed E-state index contributed by atoms with van der Waals surface area (Å²) in [6.07, 6.45) is 0. The zero-order valence-corrected chi connectivity index (χ0v) is 14.6. The van der Waals surface area contributed by atoms with Crippen LogP contribution in [0.5, 0.6) is 0 Å². The molecule has 1 amide bonds. The van der Waals surface area contributed by atoms with Crippen molar-refractivity contribution in [1.82, 2.24) is 0 Å². The van der Waals surface area contributed by atoms with E-state index in [0.717, 1.165) is 8.04 Å². The van der Waals surface area contributed by atoms with Gasteiger partial charge in [-0.05, 0) is 52.9 Å². The normalized spacial score (nSPS) is 10.3. The van der Waals surface area contributed by atoms with Gasteiger partial charge in [0.1, 0.15) is 0 Å². The molecule has 0 spiro atoms. The highest BCUT2D eigenvalue weighted by Crippen LogP contribution is 2.30. The van der Waals surface area contributed by atoms with Crippen LogP contribution in [-0.4, -0.2) is 5.91 Å². The van der Waals surface area contributed by atoms with Crippen molar-refractivity contribution in [2.24, 2.45) is 0 Å². The number of para-hydroxylation sites is 1. The van der Waals surface area contributed by atoms with Crippen LogP contribution < -0.4 is 5.32 Å². The first kappa shape index (κ1) is 15.1. The van der Waals surface area contributed by atoms with Gasteiger partial charge in [-0.3, -0.25) is 4.79 Å². The molecular formula is C13H7BrCl2INO. The van der Waals surface area contributed by atoms with Crippen molar-refractivity contribution in [2.45, 2.75) is 0 Å². The molecule has 0 heterocycles. The first-order valence-corrected chi connectivity index (χ1v) is 7.82. The van der Waals surface area contributed by atoms with E-state index in [2.05, 4.69) is 43.8 Å². The standard InChI is InChI=1S/C13H7BrCl2INO/c14-7-4-5-11(17)8(6-7)13(19)18-12-9(15)2-1-3-10(12)16/h1-6H,(H,18,19). The summed E-state index contributed by atoms with van der Waals surface area (Å²) in [5, 5.41) is 3.55. The summed E-state index contributed by atoms with van der Waals surface area (Å²) in [6.45, 7) is 0. The van der Waals surface area contributed by atoms with Gasteiger partial charge in [-0.2, -0.15) is 0 Å². The molecule has 0 aliphatic carbocycles. The van der Waals surface area contributed by atoms with Crippen LogP contribution in [0.3, 0.4) is 0 Å². The van der Waals surface area contributed by atoms with E-state index >= 15 is 0 Å². The van der Waals surface area contributed by atoms with E-state index in [4.69, 9.17) is 23.2 Å². The van der Waals surface area contributed by atoms with Gasteiger partial charge in [0.15, 0.2) is 0 Å². The fourth-order valence-corrected chi connectivity index (χ4v) is 2.90. The maximum atomic E-state index is 12.2. The third-order valence-corrected chi connectivity index (χ3v) is 4.44. The number of hydrogen-bond acceptors (Lipinski definition) is 1. The van der Waals surface area contributed by atoms with Gasteiger partial charge in [-0.1, -0.05) is 45.2 Å². The molecule has 6 heteroatoms. The summed E-state index contributed by atoms with van der Waals surface area (Å²) in [4.78, 5) is 12.2. The highest BCUT2D eigenvalue weighted by Gasteiger charge is 2.14. The minimum Gasteiger partial charge on any atom is -0.319 e. The molecular weight excluding hydrogens is 464 g/mol. The summed E-state index contributed by atoms with van der Waals surface area (Å²) < 4.78 is 1.68. The first-order valence-electron chi connectivity index (χ1n) is 5.19. The molecule has 0 bridgehead atoms. The lowest BCUT2D eigenvalue weighted by Crippen LogP contribution is -2.14. The summed E-state index contributed by atoms with van der Waals surface area (Å²) in [6, 6.07) is 10.6. The molecule has 98 valence electrons. The molecule has 2 nitrogen and oxygen atoms in total. The molecule has 0 aliphatic heterocycles. The van der Waals surface area contributed by atoms with Crippen LogP contribution >= 0.6 is 61.7 Å². The van der Waals surface area contributed by atoms with Crippen LogP contribution in [0.15, 0.2) is 40.9 Å². The lowest BCUT2D eigenvalue weighted by atomic mass is 10.2. The number of anilines is 1. The Morgan fingerprint density at radius 3 is 2.42 bits per heavy atom. The molecule has 0 atom stereocenters. The van der Waals surface area contributed by atoms with Crippen LogP contribution in [0.25, 0.3) is 0 Å². The van der Waals surface area contributed by atoms with Gasteiger partial charge in [0, 0.05) is 8.04 Å². The fourth-order valence-electron chi connectivity index (χ4n) is 1.47. The third-order valence-electron chi connectivity index (χ3n) is 2.37. The van der Waals surface area contributed by atoms with Crippen molar-refractivity contribution in [3.05, 3.63) is 60.0 Å². The number of amides is 1. The number of halogens is 4. The Balaban J connectivity index is 2.34. The smallest absolute Gasteiger partial charge is 0.256 e. The van der Waals surface area contributed by atoms with Gasteiger partial charge in [0.25, 0.3) is 5.91 Å². The molecule has 2 aromatic rings. The lowest BCUT2D eigenvalue weighted by Gasteiger charge is -2.10. The number of carbonyl (C=O) groups is 1. The van der Waals surface area contributed by atoms with Crippen LogP contribution in [0, 0.1) is 3.57 Å². The summed E-state index contributed by atoms with van der Waals surface area (Å²) in [7, 11) is 0. The molecule has 0 radical (unpaired) electrons. The van der Waals surface area contributed by atoms with Crippen molar-refractivity contribution in [1.29, 1.82) is 0 Å². The Hall–Kier alpha value is -0.300. The highest BCUT2D eigenvalue weighted by molar-refractivity contribution is 14.1. The lowest BCUT2D eigenvalue weighted by molar-refractivity contribution is 0.102. The summed E-state index contributed by atoms with van der Waals surface area (Å²) in [5.41, 5.74) is 0.984. The predicted molar refractivity (Wildman–Crippen MR) is 91.3 cm³/mol. The number of hydrogen-bond donors (Lipinski definition) is 1. The Morgan fingerprint density at radius 2 is 1.79 bits per heavy atom. The van der Waals surface area contributed by atoms with Crippen LogP contribution in [0.4, 0.5) is 5.69 Å². The van der Waals surface area contributed by atoms with Gasteiger partial charge < -0.3 is 5.32 Å². The Kier molecular flexibility index (Phi) is 5.11. The van der Waals surface area contributed by atoms with Crippen LogP contribution in [-0.2, 0) is 0 Å². The molecule has 0 unspecified atom stereocenters. The fraction of sp³-hybridized carbons (Fsp3) is 0. The van der Waals surface area contributed by atoms with E-state index in [1.54, 1.807) is 24.3 Å². The molecule has 2 aromatic carbocycles. The van der Waals surface area contributed by atoms with Gasteiger partial charge >= 0.3 is 0 Å². The Labute approximate surface area is 142 Å². The van der Waals surface area contributed by atoms with E-state index in [1.807, 2.05) is 12.1 Å². The van der Waals surface area contributed by atoms with Crippen molar-refractivity contribution < 1.29 is 4.79 Å². The Bertz CT molecular complexity index is 628. The maximum Gasteiger partial charge on any atom is 0.256 e. The SMILES string of the molecule is O=C(Nc1c(Cl)cccc1Cl)c1cc(Br)ccc1I. The minimum absolute atomic E-state index is 0.249. The maximum absolute atomic E-state index is 12.2. The average molecular weight is 471 g/mol. The monoisotopic (exact) mass is 469 g/mol. The molecule has 0 saturated heterocycles. The van der Waals surface area contributed by atoms with Crippen molar-refractivity contribution in [3.8, 4) is 0 Å². The molecule has 0 aromatic heterocycles. The second-order valence-corrected chi connectivity index (χ2v) is 6.57. The molecule has 0 fully saturated rings. The summed E-state index contributed by atoms with van der Waals surface area (Å²) in [5.74, 6) is -0.249. The Morgan fingerprint density at radius 1 is 1.16 bits per heavy atom. The molecule has 0 aliphatic rings. The van der Waals surface area contributed by atoms with Crippen LogP contribution in [0.1, 0.15) is 10.4 Å². The molecule has 2 rings (SSSR count). The van der Waals surface area contributed by atoms with E-state index in [0.29, 0.717) is 21.3 Å². The van der Waals surface area contributed by atoms with Crippen molar-refractivity contribution in [3.63, 3.8) is 0 Å². The minimum atomic E-state index is -0.249. The van der Waals surface area contributed by atoms with Gasteiger partial charge in [-0.25, -0.2) is 0 Å². The molecule has 1 N–H and O–H groups in total. The van der Waals surface area contributed by atoms with E-state index < -0.39 is 0 Å². The third kappa shape index (κ3) is 3.62. The van der Waals surface area contributed by atoms with E-state index in [1.165, 1.54) is 0 Å². The van der Waals surface area contributed by atoms with Gasteiger partial charge in [-0.15, -0.1) is 0 Å². The van der Waals surface area contributed by atoms with Crippen molar-refractivity contribution >= 4 is 73.3 Å². The topological polar surface area (TPSA) is 29.1 Å². The van der Waals surface area contributed by atoms with Gasteiger partial charge in [0.05, 0.1) is 21.3 Å². The number of rotatable bonds is 2. The number of carbonyl (C=O) groups excluding carboxylic acids is 1. The van der Waals surface area contributed by atoms with Crippen LogP contribution in [0.2, 0.25) is 10.0 Å².